The number of aromatic amines is 1. The van der Waals surface area contributed by atoms with Crippen molar-refractivity contribution in [3.05, 3.63) is 102 Å². The molecule has 0 radical (unpaired) electrons. The first-order chi connectivity index (χ1) is 16.2. The van der Waals surface area contributed by atoms with Gasteiger partial charge in [-0.25, -0.2) is 4.79 Å². The summed E-state index contributed by atoms with van der Waals surface area (Å²) in [7, 11) is 0. The zero-order chi connectivity index (χ0) is 22.6. The van der Waals surface area contributed by atoms with Gasteiger partial charge in [-0.15, -0.1) is 5.06 Å². The van der Waals surface area contributed by atoms with Crippen molar-refractivity contribution in [3.63, 3.8) is 0 Å². The fourth-order valence-corrected chi connectivity index (χ4v) is 4.16. The van der Waals surface area contributed by atoms with Crippen LogP contribution in [-0.4, -0.2) is 34.4 Å². The van der Waals surface area contributed by atoms with E-state index in [1.54, 1.807) is 30.5 Å². The Labute approximate surface area is 191 Å². The Bertz CT molecular complexity index is 1270. The SMILES string of the molecule is O=C(ON1CCC[C@@H]1C(=O)c1c[nH]c2ccc(OCc3ccccc3)cc12)c1ccccc1. The number of aromatic nitrogens is 1. The van der Waals surface area contributed by atoms with Crippen molar-refractivity contribution in [1.82, 2.24) is 10.0 Å². The molecule has 0 saturated carbocycles. The topological polar surface area (TPSA) is 71.6 Å². The van der Waals surface area contributed by atoms with Crippen LogP contribution in [0.3, 0.4) is 0 Å². The highest BCUT2D eigenvalue weighted by molar-refractivity contribution is 6.10. The second kappa shape index (κ2) is 9.30. The van der Waals surface area contributed by atoms with Crippen LogP contribution in [0, 0.1) is 0 Å². The minimum Gasteiger partial charge on any atom is -0.489 e. The van der Waals surface area contributed by atoms with Gasteiger partial charge in [-0.1, -0.05) is 48.5 Å². The fourth-order valence-electron chi connectivity index (χ4n) is 4.16. The van der Waals surface area contributed by atoms with E-state index in [0.29, 0.717) is 36.4 Å². The van der Waals surface area contributed by atoms with Gasteiger partial charge in [0.2, 0.25) is 0 Å². The van der Waals surface area contributed by atoms with E-state index in [2.05, 4.69) is 4.98 Å². The summed E-state index contributed by atoms with van der Waals surface area (Å²) >= 11 is 0. The Morgan fingerprint density at radius 3 is 2.52 bits per heavy atom. The molecule has 1 aromatic heterocycles. The number of nitrogens with zero attached hydrogens (tertiary/aromatic N) is 1. The molecular formula is C27H24N2O4. The fraction of sp³-hybridized carbons (Fsp3) is 0.185. The second-order valence-electron chi connectivity index (χ2n) is 8.09. The molecule has 1 saturated heterocycles. The predicted octanol–water partition coefficient (Wildman–Crippen LogP) is 5.17. The quantitative estimate of drug-likeness (QED) is 0.402. The summed E-state index contributed by atoms with van der Waals surface area (Å²) in [5.41, 5.74) is 2.96. The number of ether oxygens (including phenoxy) is 1. The third kappa shape index (κ3) is 4.52. The lowest BCUT2D eigenvalue weighted by molar-refractivity contribution is -0.109. The van der Waals surface area contributed by atoms with Crippen molar-refractivity contribution in [2.45, 2.75) is 25.5 Å². The van der Waals surface area contributed by atoms with Crippen LogP contribution in [0.1, 0.15) is 39.1 Å². The van der Waals surface area contributed by atoms with Crippen LogP contribution in [0.5, 0.6) is 5.75 Å². The molecule has 2 heterocycles. The first-order valence-corrected chi connectivity index (χ1v) is 11.0. The van der Waals surface area contributed by atoms with E-state index in [-0.39, 0.29) is 5.78 Å². The molecule has 1 atom stereocenters. The van der Waals surface area contributed by atoms with Crippen molar-refractivity contribution < 1.29 is 19.2 Å². The number of fused-ring (bicyclic) bond motifs is 1. The molecule has 1 aliphatic heterocycles. The second-order valence-corrected chi connectivity index (χ2v) is 8.09. The van der Waals surface area contributed by atoms with E-state index in [4.69, 9.17) is 9.57 Å². The molecule has 0 spiro atoms. The van der Waals surface area contributed by atoms with Gasteiger partial charge >= 0.3 is 5.97 Å². The first-order valence-electron chi connectivity index (χ1n) is 11.0. The highest BCUT2D eigenvalue weighted by atomic mass is 16.7. The standard InChI is InChI=1S/C27H24N2O4/c30-26(25-12-7-15-29(25)33-27(31)20-10-5-2-6-11-20)23-17-28-24-14-13-21(16-22(23)24)32-18-19-8-3-1-4-9-19/h1-6,8-11,13-14,16-17,25,28H,7,12,15,18H2/t25-/m1/s1. The molecule has 1 fully saturated rings. The molecule has 6 nitrogen and oxygen atoms in total. The van der Waals surface area contributed by atoms with Gasteiger partial charge in [0.1, 0.15) is 18.4 Å². The van der Waals surface area contributed by atoms with Crippen molar-refractivity contribution in [3.8, 4) is 5.75 Å². The summed E-state index contributed by atoms with van der Waals surface area (Å²) in [5, 5.41) is 2.32. The highest BCUT2D eigenvalue weighted by Gasteiger charge is 2.35. The van der Waals surface area contributed by atoms with Crippen LogP contribution < -0.4 is 4.74 Å². The van der Waals surface area contributed by atoms with Crippen molar-refractivity contribution in [1.29, 1.82) is 0 Å². The maximum Gasteiger partial charge on any atom is 0.357 e. The first kappa shape index (κ1) is 21.0. The van der Waals surface area contributed by atoms with Gasteiger partial charge in [0.25, 0.3) is 0 Å². The average Bonchev–Trinajstić information content (AvgIpc) is 3.50. The molecule has 0 unspecified atom stereocenters. The van der Waals surface area contributed by atoms with Crippen molar-refractivity contribution in [2.24, 2.45) is 0 Å². The predicted molar refractivity (Wildman–Crippen MR) is 125 cm³/mol. The zero-order valence-electron chi connectivity index (χ0n) is 18.1. The van der Waals surface area contributed by atoms with E-state index >= 15 is 0 Å². The largest absolute Gasteiger partial charge is 0.489 e. The molecule has 0 amide bonds. The summed E-state index contributed by atoms with van der Waals surface area (Å²) in [6, 6.07) is 23.9. The molecule has 4 aromatic rings. The Kier molecular flexibility index (Phi) is 5.91. The lowest BCUT2D eigenvalue weighted by atomic mass is 10.0. The maximum absolute atomic E-state index is 13.4. The number of hydroxylamine groups is 2. The van der Waals surface area contributed by atoms with E-state index in [9.17, 15) is 9.59 Å². The summed E-state index contributed by atoms with van der Waals surface area (Å²) < 4.78 is 5.95. The van der Waals surface area contributed by atoms with Crippen molar-refractivity contribution in [2.75, 3.05) is 6.54 Å². The molecule has 0 bridgehead atoms. The molecule has 0 aliphatic carbocycles. The smallest absolute Gasteiger partial charge is 0.357 e. The third-order valence-corrected chi connectivity index (χ3v) is 5.88. The number of ketones is 1. The summed E-state index contributed by atoms with van der Waals surface area (Å²) in [4.78, 5) is 34.7. The Balaban J connectivity index is 1.33. The number of carbonyl (C=O) groups excluding carboxylic acids is 2. The van der Waals surface area contributed by atoms with Crippen LogP contribution in [-0.2, 0) is 11.4 Å². The number of benzene rings is 3. The monoisotopic (exact) mass is 440 g/mol. The minimum absolute atomic E-state index is 0.0696. The van der Waals surface area contributed by atoms with Gasteiger partial charge in [-0.2, -0.15) is 0 Å². The zero-order valence-corrected chi connectivity index (χ0v) is 18.1. The lowest BCUT2D eigenvalue weighted by Crippen LogP contribution is -2.37. The molecule has 6 heteroatoms. The van der Waals surface area contributed by atoms with Gasteiger partial charge < -0.3 is 14.6 Å². The molecule has 166 valence electrons. The third-order valence-electron chi connectivity index (χ3n) is 5.88. The summed E-state index contributed by atoms with van der Waals surface area (Å²) in [6.45, 7) is 0.981. The van der Waals surface area contributed by atoms with Gasteiger partial charge in [0.15, 0.2) is 5.78 Å². The maximum atomic E-state index is 13.4. The van der Waals surface area contributed by atoms with E-state index < -0.39 is 12.0 Å². The van der Waals surface area contributed by atoms with Gasteiger partial charge in [-0.05, 0) is 48.7 Å². The van der Waals surface area contributed by atoms with Crippen LogP contribution >= 0.6 is 0 Å². The van der Waals surface area contributed by atoms with Gasteiger partial charge in [-0.3, -0.25) is 4.79 Å². The van der Waals surface area contributed by atoms with Crippen LogP contribution in [0.15, 0.2) is 85.1 Å². The van der Waals surface area contributed by atoms with Crippen LogP contribution in [0.2, 0.25) is 0 Å². The summed E-state index contributed by atoms with van der Waals surface area (Å²) in [6.07, 6.45) is 3.15. The number of rotatable bonds is 7. The number of H-pyrrole nitrogens is 1. The Hall–Kier alpha value is -3.90. The number of Topliss-reactive ketones (excluding diaryl/α,β-unsaturated/α-hetero) is 1. The van der Waals surface area contributed by atoms with Crippen molar-refractivity contribution >= 4 is 22.7 Å². The Morgan fingerprint density at radius 1 is 0.970 bits per heavy atom. The summed E-state index contributed by atoms with van der Waals surface area (Å²) in [5.74, 6) is 0.171. The minimum atomic E-state index is -0.509. The molecule has 33 heavy (non-hydrogen) atoms. The Morgan fingerprint density at radius 2 is 1.73 bits per heavy atom. The van der Waals surface area contributed by atoms with E-state index in [0.717, 1.165) is 22.9 Å². The van der Waals surface area contributed by atoms with Gasteiger partial charge in [0.05, 0.1) is 5.56 Å². The number of hydrogen-bond donors (Lipinski definition) is 1. The highest BCUT2D eigenvalue weighted by Crippen LogP contribution is 2.29. The lowest BCUT2D eigenvalue weighted by Gasteiger charge is -2.22. The molecule has 3 aromatic carbocycles. The number of carbonyl (C=O) groups is 2. The molecule has 5 rings (SSSR count). The average molecular weight is 440 g/mol. The van der Waals surface area contributed by atoms with Crippen LogP contribution in [0.4, 0.5) is 0 Å². The van der Waals surface area contributed by atoms with Gasteiger partial charge in [0, 0.05) is 29.2 Å². The molecular weight excluding hydrogens is 416 g/mol. The number of nitrogens with one attached hydrogen (secondary N) is 1. The normalized spacial score (nSPS) is 16.1. The number of hydrogen-bond acceptors (Lipinski definition) is 5. The molecule has 1 N–H and O–H groups in total. The van der Waals surface area contributed by atoms with E-state index in [1.165, 1.54) is 5.06 Å². The van der Waals surface area contributed by atoms with E-state index in [1.807, 2.05) is 54.6 Å². The molecule has 1 aliphatic rings. The van der Waals surface area contributed by atoms with Crippen LogP contribution in [0.25, 0.3) is 10.9 Å².